The van der Waals surface area contributed by atoms with Crippen LogP contribution in [0.15, 0.2) is 18.2 Å². The van der Waals surface area contributed by atoms with Crippen LogP contribution in [0.4, 0.5) is 0 Å². The fourth-order valence-corrected chi connectivity index (χ4v) is 2.10. The van der Waals surface area contributed by atoms with Crippen molar-refractivity contribution in [3.05, 3.63) is 46.5 Å². The molecule has 2 aromatic rings. The van der Waals surface area contributed by atoms with Gasteiger partial charge in [-0.25, -0.2) is 0 Å². The van der Waals surface area contributed by atoms with Gasteiger partial charge in [-0.2, -0.15) is 0 Å². The molecular weight excluding hydrogens is 280 g/mol. The average molecular weight is 300 g/mol. The predicted molar refractivity (Wildman–Crippen MR) is 83.3 cm³/mol. The Balaban J connectivity index is 2.23. The summed E-state index contributed by atoms with van der Waals surface area (Å²) in [5, 5.41) is 0. The average Bonchev–Trinajstić information content (AvgIpc) is 2.51. The van der Waals surface area contributed by atoms with E-state index in [1.54, 1.807) is 13.2 Å². The minimum absolute atomic E-state index is 0.302. The van der Waals surface area contributed by atoms with Gasteiger partial charge in [0, 0.05) is 18.1 Å². The lowest BCUT2D eigenvalue weighted by atomic mass is 10.1. The molecule has 0 aliphatic carbocycles. The third-order valence-corrected chi connectivity index (χ3v) is 3.52. The molecule has 22 heavy (non-hydrogen) atoms. The summed E-state index contributed by atoms with van der Waals surface area (Å²) in [6, 6.07) is 5.43. The fourth-order valence-electron chi connectivity index (χ4n) is 2.10. The van der Waals surface area contributed by atoms with E-state index in [4.69, 9.17) is 9.47 Å². The van der Waals surface area contributed by atoms with E-state index >= 15 is 0 Å². The second kappa shape index (κ2) is 7.02. The first-order chi connectivity index (χ1) is 10.5. The Labute approximate surface area is 130 Å². The first-order valence-electron chi connectivity index (χ1n) is 7.09. The van der Waals surface area contributed by atoms with Gasteiger partial charge in [0.15, 0.2) is 0 Å². The summed E-state index contributed by atoms with van der Waals surface area (Å²) in [6.45, 7) is 6.08. The lowest BCUT2D eigenvalue weighted by Gasteiger charge is -2.13. The van der Waals surface area contributed by atoms with Crippen LogP contribution < -0.4 is 9.47 Å². The Hall–Kier alpha value is -2.43. The van der Waals surface area contributed by atoms with Crippen LogP contribution in [0.25, 0.3) is 0 Å². The van der Waals surface area contributed by atoms with Gasteiger partial charge in [0.25, 0.3) is 0 Å². The lowest BCUT2D eigenvalue weighted by Crippen LogP contribution is -2.07. The van der Waals surface area contributed by atoms with Gasteiger partial charge >= 0.3 is 0 Å². The van der Waals surface area contributed by atoms with E-state index in [0.717, 1.165) is 34.6 Å². The Morgan fingerprint density at radius 3 is 2.50 bits per heavy atom. The van der Waals surface area contributed by atoms with Crippen LogP contribution in [0.5, 0.6) is 11.5 Å². The molecule has 5 heteroatoms. The van der Waals surface area contributed by atoms with Crippen molar-refractivity contribution in [2.24, 2.45) is 0 Å². The Morgan fingerprint density at radius 2 is 1.82 bits per heavy atom. The first kappa shape index (κ1) is 15.9. The van der Waals surface area contributed by atoms with Gasteiger partial charge in [-0.15, -0.1) is 0 Å². The third kappa shape index (κ3) is 3.61. The molecule has 0 unspecified atom stereocenters. The summed E-state index contributed by atoms with van der Waals surface area (Å²) in [7, 11) is 1.59. The molecule has 0 atom stereocenters. The van der Waals surface area contributed by atoms with Gasteiger partial charge in [0.1, 0.15) is 24.4 Å². The summed E-state index contributed by atoms with van der Waals surface area (Å²) in [5.41, 5.74) is 4.28. The number of rotatable bonds is 6. The molecule has 5 nitrogen and oxygen atoms in total. The van der Waals surface area contributed by atoms with E-state index in [2.05, 4.69) is 9.97 Å². The SMILES string of the molecule is COc1ccc(CC=O)c(OCc2nc(C)c(C)nc2C)c1. The van der Waals surface area contributed by atoms with Crippen LogP contribution >= 0.6 is 0 Å². The largest absolute Gasteiger partial charge is 0.497 e. The van der Waals surface area contributed by atoms with Gasteiger partial charge in [0.2, 0.25) is 0 Å². The Kier molecular flexibility index (Phi) is 5.09. The van der Waals surface area contributed by atoms with Crippen molar-refractivity contribution >= 4 is 6.29 Å². The molecule has 0 fully saturated rings. The van der Waals surface area contributed by atoms with Gasteiger partial charge < -0.3 is 14.3 Å². The molecular formula is C17H20N2O3. The van der Waals surface area contributed by atoms with Crippen LogP contribution in [0.1, 0.15) is 28.3 Å². The van der Waals surface area contributed by atoms with Crippen LogP contribution in [0, 0.1) is 20.8 Å². The number of hydrogen-bond donors (Lipinski definition) is 0. The molecule has 2 rings (SSSR count). The van der Waals surface area contributed by atoms with Crippen molar-refractivity contribution in [3.8, 4) is 11.5 Å². The monoisotopic (exact) mass is 300 g/mol. The highest BCUT2D eigenvalue weighted by Crippen LogP contribution is 2.26. The van der Waals surface area contributed by atoms with Crippen LogP contribution in [-0.4, -0.2) is 23.4 Å². The molecule has 1 aromatic heterocycles. The molecule has 0 bridgehead atoms. The van der Waals surface area contributed by atoms with Gasteiger partial charge in [-0.1, -0.05) is 6.07 Å². The summed E-state index contributed by atoms with van der Waals surface area (Å²) in [5.74, 6) is 1.32. The number of ether oxygens (including phenoxy) is 2. The summed E-state index contributed by atoms with van der Waals surface area (Å²) in [6.07, 6.45) is 1.16. The van der Waals surface area contributed by atoms with E-state index in [0.29, 0.717) is 24.5 Å². The van der Waals surface area contributed by atoms with Gasteiger partial charge in [0.05, 0.1) is 29.9 Å². The van der Waals surface area contributed by atoms with Crippen molar-refractivity contribution < 1.29 is 14.3 Å². The number of carbonyl (C=O) groups is 1. The van der Waals surface area contributed by atoms with Gasteiger partial charge in [-0.05, 0) is 26.8 Å². The molecule has 0 N–H and O–H groups in total. The second-order valence-electron chi connectivity index (χ2n) is 5.06. The van der Waals surface area contributed by atoms with Crippen molar-refractivity contribution in [1.82, 2.24) is 9.97 Å². The van der Waals surface area contributed by atoms with Crippen LogP contribution in [0.2, 0.25) is 0 Å². The number of aldehydes is 1. The molecule has 0 aliphatic heterocycles. The van der Waals surface area contributed by atoms with Gasteiger partial charge in [-0.3, -0.25) is 9.97 Å². The first-order valence-corrected chi connectivity index (χ1v) is 7.09. The highest BCUT2D eigenvalue weighted by atomic mass is 16.5. The maximum absolute atomic E-state index is 10.8. The number of hydrogen-bond acceptors (Lipinski definition) is 5. The lowest BCUT2D eigenvalue weighted by molar-refractivity contribution is -0.107. The molecule has 1 aromatic carbocycles. The Morgan fingerprint density at radius 1 is 1.09 bits per heavy atom. The molecule has 0 amide bonds. The number of carbonyl (C=O) groups excluding carboxylic acids is 1. The van der Waals surface area contributed by atoms with E-state index in [1.807, 2.05) is 32.9 Å². The van der Waals surface area contributed by atoms with E-state index in [-0.39, 0.29) is 0 Å². The van der Waals surface area contributed by atoms with E-state index in [9.17, 15) is 4.79 Å². The standard InChI is InChI=1S/C17H20N2O3/c1-11-12(2)19-16(13(3)18-11)10-22-17-9-15(21-4)6-5-14(17)7-8-20/h5-6,8-9H,7,10H2,1-4H3. The van der Waals surface area contributed by atoms with Crippen LogP contribution in [0.3, 0.4) is 0 Å². The number of aryl methyl sites for hydroxylation is 3. The van der Waals surface area contributed by atoms with Crippen molar-refractivity contribution in [2.45, 2.75) is 33.8 Å². The summed E-state index contributed by atoms with van der Waals surface area (Å²) >= 11 is 0. The quantitative estimate of drug-likeness (QED) is 0.768. The number of aromatic nitrogens is 2. The molecule has 1 heterocycles. The van der Waals surface area contributed by atoms with Crippen molar-refractivity contribution in [2.75, 3.05) is 7.11 Å². The zero-order valence-electron chi connectivity index (χ0n) is 13.3. The summed E-state index contributed by atoms with van der Waals surface area (Å²) < 4.78 is 11.1. The zero-order chi connectivity index (χ0) is 16.1. The van der Waals surface area contributed by atoms with Crippen LogP contribution in [-0.2, 0) is 17.8 Å². The highest BCUT2D eigenvalue weighted by molar-refractivity contribution is 5.58. The maximum atomic E-state index is 10.8. The molecule has 0 saturated heterocycles. The van der Waals surface area contributed by atoms with E-state index in [1.165, 1.54) is 0 Å². The number of benzene rings is 1. The molecule has 0 aliphatic rings. The zero-order valence-corrected chi connectivity index (χ0v) is 13.3. The van der Waals surface area contributed by atoms with Crippen molar-refractivity contribution in [1.29, 1.82) is 0 Å². The topological polar surface area (TPSA) is 61.3 Å². The Bertz CT molecular complexity index is 684. The second-order valence-corrected chi connectivity index (χ2v) is 5.06. The minimum Gasteiger partial charge on any atom is -0.497 e. The number of nitrogens with zero attached hydrogens (tertiary/aromatic N) is 2. The number of methoxy groups -OCH3 is 1. The highest BCUT2D eigenvalue weighted by Gasteiger charge is 2.10. The smallest absolute Gasteiger partial charge is 0.132 e. The molecule has 0 spiro atoms. The molecule has 0 saturated carbocycles. The third-order valence-electron chi connectivity index (χ3n) is 3.52. The molecule has 0 radical (unpaired) electrons. The summed E-state index contributed by atoms with van der Waals surface area (Å²) in [4.78, 5) is 19.8. The minimum atomic E-state index is 0.302. The van der Waals surface area contributed by atoms with Crippen molar-refractivity contribution in [3.63, 3.8) is 0 Å². The molecule has 116 valence electrons. The fraction of sp³-hybridized carbons (Fsp3) is 0.353. The van der Waals surface area contributed by atoms with E-state index < -0.39 is 0 Å². The predicted octanol–water partition coefficient (Wildman–Crippen LogP) is 2.73. The normalized spacial score (nSPS) is 10.4. The maximum Gasteiger partial charge on any atom is 0.132 e.